The highest BCUT2D eigenvalue weighted by atomic mass is 16.5. The average molecular weight is 380 g/mol. The number of hydrogen-bond acceptors (Lipinski definition) is 6. The summed E-state index contributed by atoms with van der Waals surface area (Å²) in [5.74, 6) is 0.257. The highest BCUT2D eigenvalue weighted by molar-refractivity contribution is 5.94. The number of fused-ring (bicyclic) bond motifs is 1. The molecule has 1 fully saturated rings. The fraction of sp³-hybridized carbons (Fsp3) is 0.400. The summed E-state index contributed by atoms with van der Waals surface area (Å²) in [6.07, 6.45) is 4.44. The largest absolute Gasteiger partial charge is 0.380 e. The molecule has 1 unspecified atom stereocenters. The van der Waals surface area contributed by atoms with E-state index in [1.165, 1.54) is 0 Å². The van der Waals surface area contributed by atoms with Crippen LogP contribution in [0.1, 0.15) is 34.0 Å². The van der Waals surface area contributed by atoms with E-state index >= 15 is 0 Å². The lowest BCUT2D eigenvalue weighted by Gasteiger charge is -2.07. The van der Waals surface area contributed by atoms with Gasteiger partial charge in [0.25, 0.3) is 5.91 Å². The van der Waals surface area contributed by atoms with Gasteiger partial charge < -0.3 is 15.4 Å². The zero-order valence-corrected chi connectivity index (χ0v) is 15.9. The van der Waals surface area contributed by atoms with Gasteiger partial charge in [0.05, 0.1) is 18.8 Å². The molecule has 4 rings (SSSR count). The van der Waals surface area contributed by atoms with Crippen molar-refractivity contribution in [1.29, 1.82) is 0 Å². The molecule has 0 radical (unpaired) electrons. The van der Waals surface area contributed by atoms with Crippen molar-refractivity contribution in [2.45, 2.75) is 25.5 Å². The quantitative estimate of drug-likeness (QED) is 0.645. The molecule has 1 saturated heterocycles. The highest BCUT2D eigenvalue weighted by Crippen LogP contribution is 2.26. The van der Waals surface area contributed by atoms with Crippen LogP contribution >= 0.6 is 0 Å². The van der Waals surface area contributed by atoms with Crippen LogP contribution in [-0.4, -0.2) is 52.4 Å². The van der Waals surface area contributed by atoms with Crippen LogP contribution < -0.4 is 10.6 Å². The molecule has 0 aliphatic carbocycles. The SMILES string of the molecule is COCc1ccc(C(=O)NCCn2nc(C3CCNC3)c3nccnc32)cc1. The smallest absolute Gasteiger partial charge is 0.251 e. The molecule has 0 saturated carbocycles. The van der Waals surface area contributed by atoms with Gasteiger partial charge in [0.15, 0.2) is 5.65 Å². The normalized spacial score (nSPS) is 16.5. The molecule has 1 aliphatic heterocycles. The lowest BCUT2D eigenvalue weighted by Crippen LogP contribution is -2.27. The third-order valence-electron chi connectivity index (χ3n) is 4.98. The summed E-state index contributed by atoms with van der Waals surface area (Å²) in [6.45, 7) is 3.46. The van der Waals surface area contributed by atoms with Crippen molar-refractivity contribution in [3.05, 3.63) is 53.5 Å². The first kappa shape index (κ1) is 18.5. The Morgan fingerprint density at radius 1 is 1.29 bits per heavy atom. The predicted octanol–water partition coefficient (Wildman–Crippen LogP) is 1.48. The second-order valence-corrected chi connectivity index (χ2v) is 6.91. The third kappa shape index (κ3) is 3.88. The molecule has 146 valence electrons. The van der Waals surface area contributed by atoms with Crippen molar-refractivity contribution >= 4 is 17.1 Å². The van der Waals surface area contributed by atoms with Crippen molar-refractivity contribution < 1.29 is 9.53 Å². The minimum Gasteiger partial charge on any atom is -0.380 e. The number of carbonyl (C=O) groups is 1. The topological polar surface area (TPSA) is 94.0 Å². The maximum atomic E-state index is 12.4. The summed E-state index contributed by atoms with van der Waals surface area (Å²) < 4.78 is 6.94. The Morgan fingerprint density at radius 3 is 2.86 bits per heavy atom. The molecule has 0 bridgehead atoms. The molecule has 28 heavy (non-hydrogen) atoms. The van der Waals surface area contributed by atoms with Crippen LogP contribution in [0, 0.1) is 0 Å². The summed E-state index contributed by atoms with van der Waals surface area (Å²) in [5.41, 5.74) is 4.28. The Balaban J connectivity index is 1.42. The Bertz CT molecular complexity index is 947. The van der Waals surface area contributed by atoms with Crippen LogP contribution in [0.4, 0.5) is 0 Å². The standard InChI is InChI=1S/C20H24N6O2/c1-28-13-14-2-4-15(5-3-14)20(27)24-10-11-26-19-18(22-8-9-23-19)17(25-26)16-6-7-21-12-16/h2-5,8-9,16,21H,6-7,10-13H2,1H3,(H,24,27). The van der Waals surface area contributed by atoms with Gasteiger partial charge in [-0.25, -0.2) is 14.6 Å². The lowest BCUT2D eigenvalue weighted by atomic mass is 10.0. The van der Waals surface area contributed by atoms with Crippen LogP contribution in [0.15, 0.2) is 36.7 Å². The minimum atomic E-state index is -0.105. The van der Waals surface area contributed by atoms with Gasteiger partial charge in [-0.15, -0.1) is 0 Å². The first-order chi connectivity index (χ1) is 13.8. The van der Waals surface area contributed by atoms with Gasteiger partial charge >= 0.3 is 0 Å². The Hall–Kier alpha value is -2.84. The third-order valence-corrected chi connectivity index (χ3v) is 4.98. The van der Waals surface area contributed by atoms with Crippen molar-refractivity contribution in [3.8, 4) is 0 Å². The molecule has 8 nitrogen and oxygen atoms in total. The van der Waals surface area contributed by atoms with Gasteiger partial charge in [0.2, 0.25) is 0 Å². The molecule has 2 aromatic heterocycles. The van der Waals surface area contributed by atoms with E-state index in [2.05, 4.69) is 20.6 Å². The Labute approximate surface area is 163 Å². The van der Waals surface area contributed by atoms with E-state index in [9.17, 15) is 4.79 Å². The summed E-state index contributed by atoms with van der Waals surface area (Å²) in [4.78, 5) is 21.3. The van der Waals surface area contributed by atoms with E-state index in [4.69, 9.17) is 9.84 Å². The number of amides is 1. The van der Waals surface area contributed by atoms with Crippen molar-refractivity contribution in [1.82, 2.24) is 30.4 Å². The van der Waals surface area contributed by atoms with E-state index in [0.29, 0.717) is 31.2 Å². The van der Waals surface area contributed by atoms with Crippen LogP contribution in [0.25, 0.3) is 11.2 Å². The fourth-order valence-corrected chi connectivity index (χ4v) is 3.54. The molecular formula is C20H24N6O2. The van der Waals surface area contributed by atoms with Gasteiger partial charge in [-0.05, 0) is 30.7 Å². The van der Waals surface area contributed by atoms with Gasteiger partial charge in [-0.1, -0.05) is 12.1 Å². The number of rotatable bonds is 7. The van der Waals surface area contributed by atoms with Crippen molar-refractivity contribution in [2.24, 2.45) is 0 Å². The molecule has 3 aromatic rings. The number of methoxy groups -OCH3 is 1. The van der Waals surface area contributed by atoms with Crippen LogP contribution in [-0.2, 0) is 17.9 Å². The first-order valence-electron chi connectivity index (χ1n) is 9.50. The van der Waals surface area contributed by atoms with Gasteiger partial charge in [-0.2, -0.15) is 5.10 Å². The lowest BCUT2D eigenvalue weighted by molar-refractivity contribution is 0.0952. The summed E-state index contributed by atoms with van der Waals surface area (Å²) in [6, 6.07) is 7.42. The average Bonchev–Trinajstić information content (AvgIpc) is 3.37. The van der Waals surface area contributed by atoms with Gasteiger partial charge in [0, 0.05) is 44.1 Å². The number of benzene rings is 1. The monoisotopic (exact) mass is 380 g/mol. The van der Waals surface area contributed by atoms with E-state index < -0.39 is 0 Å². The molecular weight excluding hydrogens is 356 g/mol. The number of ether oxygens (including phenoxy) is 1. The van der Waals surface area contributed by atoms with E-state index in [-0.39, 0.29) is 5.91 Å². The molecule has 1 aliphatic rings. The summed E-state index contributed by atoms with van der Waals surface area (Å²) in [5, 5.41) is 11.1. The maximum Gasteiger partial charge on any atom is 0.251 e. The van der Waals surface area contributed by atoms with E-state index in [1.807, 2.05) is 28.9 Å². The van der Waals surface area contributed by atoms with Gasteiger partial charge in [-0.3, -0.25) is 4.79 Å². The highest BCUT2D eigenvalue weighted by Gasteiger charge is 2.24. The van der Waals surface area contributed by atoms with Crippen molar-refractivity contribution in [2.75, 3.05) is 26.7 Å². The summed E-state index contributed by atoms with van der Waals surface area (Å²) in [7, 11) is 1.65. The molecule has 1 aromatic carbocycles. The molecule has 1 amide bonds. The number of nitrogens with one attached hydrogen (secondary N) is 2. The van der Waals surface area contributed by atoms with Crippen LogP contribution in [0.5, 0.6) is 0 Å². The number of aromatic nitrogens is 4. The van der Waals surface area contributed by atoms with Crippen LogP contribution in [0.2, 0.25) is 0 Å². The van der Waals surface area contributed by atoms with E-state index in [1.54, 1.807) is 19.5 Å². The molecule has 0 spiro atoms. The van der Waals surface area contributed by atoms with Gasteiger partial charge in [0.1, 0.15) is 5.52 Å². The van der Waals surface area contributed by atoms with Crippen LogP contribution in [0.3, 0.4) is 0 Å². The number of nitrogens with zero attached hydrogens (tertiary/aromatic N) is 4. The molecule has 3 heterocycles. The zero-order valence-electron chi connectivity index (χ0n) is 15.9. The number of carbonyl (C=O) groups excluding carboxylic acids is 1. The molecule has 8 heteroatoms. The maximum absolute atomic E-state index is 12.4. The molecule has 1 atom stereocenters. The summed E-state index contributed by atoms with van der Waals surface area (Å²) >= 11 is 0. The Morgan fingerprint density at radius 2 is 2.11 bits per heavy atom. The van der Waals surface area contributed by atoms with Crippen molar-refractivity contribution in [3.63, 3.8) is 0 Å². The second-order valence-electron chi connectivity index (χ2n) is 6.91. The predicted molar refractivity (Wildman–Crippen MR) is 105 cm³/mol. The number of hydrogen-bond donors (Lipinski definition) is 2. The zero-order chi connectivity index (χ0) is 19.3. The first-order valence-corrected chi connectivity index (χ1v) is 9.50. The Kier molecular flexibility index (Phi) is 5.59. The van der Waals surface area contributed by atoms with E-state index in [0.717, 1.165) is 41.9 Å². The molecule has 2 N–H and O–H groups in total. The fourth-order valence-electron chi connectivity index (χ4n) is 3.54. The minimum absolute atomic E-state index is 0.105. The second kappa shape index (κ2) is 8.45.